The minimum atomic E-state index is -0.711. The quantitative estimate of drug-likeness (QED) is 0.385. The van der Waals surface area contributed by atoms with E-state index < -0.39 is 5.41 Å². The molecule has 172 valence electrons. The summed E-state index contributed by atoms with van der Waals surface area (Å²) in [7, 11) is 7.88. The molecule has 8 heteroatoms. The number of nitrogens with zero attached hydrogens (tertiary/aromatic N) is 3. The summed E-state index contributed by atoms with van der Waals surface area (Å²) in [5.41, 5.74) is 1.58. The number of aromatic nitrogens is 1. The van der Waals surface area contributed by atoms with Gasteiger partial charge in [0.05, 0.1) is 31.3 Å². The summed E-state index contributed by atoms with van der Waals surface area (Å²) in [6.45, 7) is 7.41. The Balaban J connectivity index is 1.61. The molecule has 0 spiro atoms. The van der Waals surface area contributed by atoms with E-state index in [1.54, 1.807) is 7.11 Å². The predicted octanol–water partition coefficient (Wildman–Crippen LogP) is 3.31. The zero-order valence-electron chi connectivity index (χ0n) is 19.5. The van der Waals surface area contributed by atoms with E-state index in [9.17, 15) is 4.79 Å². The molecule has 0 amide bonds. The number of rotatable bonds is 11. The molecule has 1 aliphatic heterocycles. The molecule has 1 aromatic carbocycles. The highest BCUT2D eigenvalue weighted by atomic mass is 32.2. The standard InChI is InChI=1S/C23H35N3O4S/c1-23(2,22(27)29-15-17-12-25(5)13-17)16-30-31-26-14-18(9-10-24(3)4)20-8-7-19(28-6)11-21(20)26/h7-8,11,14,17H,9-10,12-13,15-16H2,1-6H3. The molecule has 0 aliphatic carbocycles. The Morgan fingerprint density at radius 2 is 2.03 bits per heavy atom. The SMILES string of the molecule is COc1ccc2c(CCN(C)C)cn(SOCC(C)(C)C(=O)OCC3CN(C)C3)c2c1. The smallest absolute Gasteiger partial charge is 0.313 e. The molecule has 0 saturated carbocycles. The van der Waals surface area contributed by atoms with Crippen molar-refractivity contribution >= 4 is 29.1 Å². The van der Waals surface area contributed by atoms with Gasteiger partial charge in [-0.2, -0.15) is 0 Å². The zero-order valence-corrected chi connectivity index (χ0v) is 20.3. The third kappa shape index (κ3) is 6.16. The van der Waals surface area contributed by atoms with Gasteiger partial charge in [0.15, 0.2) is 0 Å². The first-order valence-electron chi connectivity index (χ1n) is 10.7. The second-order valence-electron chi connectivity index (χ2n) is 9.32. The molecule has 0 radical (unpaired) electrons. The van der Waals surface area contributed by atoms with Gasteiger partial charge in [-0.25, -0.2) is 0 Å². The Morgan fingerprint density at radius 3 is 2.68 bits per heavy atom. The van der Waals surface area contributed by atoms with Gasteiger partial charge in [0.25, 0.3) is 0 Å². The Morgan fingerprint density at radius 1 is 1.29 bits per heavy atom. The van der Waals surface area contributed by atoms with Gasteiger partial charge >= 0.3 is 5.97 Å². The van der Waals surface area contributed by atoms with E-state index in [0.29, 0.717) is 12.5 Å². The number of esters is 1. The van der Waals surface area contributed by atoms with Gasteiger partial charge in [-0.3, -0.25) is 13.0 Å². The highest BCUT2D eigenvalue weighted by Crippen LogP contribution is 2.31. The maximum absolute atomic E-state index is 12.5. The Bertz CT molecular complexity index is 890. The van der Waals surface area contributed by atoms with Crippen LogP contribution in [0.2, 0.25) is 0 Å². The number of ether oxygens (including phenoxy) is 2. The van der Waals surface area contributed by atoms with Crippen LogP contribution in [0.15, 0.2) is 24.4 Å². The largest absolute Gasteiger partial charge is 0.497 e. The monoisotopic (exact) mass is 449 g/mol. The lowest BCUT2D eigenvalue weighted by Crippen LogP contribution is -2.46. The summed E-state index contributed by atoms with van der Waals surface area (Å²) in [5.74, 6) is 1.03. The van der Waals surface area contributed by atoms with Crippen molar-refractivity contribution in [3.63, 3.8) is 0 Å². The molecular formula is C23H35N3O4S. The summed E-state index contributed by atoms with van der Waals surface area (Å²) < 4.78 is 18.9. The van der Waals surface area contributed by atoms with Crippen LogP contribution in [0.5, 0.6) is 5.75 Å². The van der Waals surface area contributed by atoms with E-state index in [1.807, 2.05) is 30.0 Å². The maximum Gasteiger partial charge on any atom is 0.313 e. The van der Waals surface area contributed by atoms with Gasteiger partial charge in [0, 0.05) is 43.2 Å². The van der Waals surface area contributed by atoms with Crippen molar-refractivity contribution in [2.75, 3.05) is 61.1 Å². The highest BCUT2D eigenvalue weighted by Gasteiger charge is 2.32. The van der Waals surface area contributed by atoms with E-state index >= 15 is 0 Å². The molecule has 1 aliphatic rings. The molecule has 2 aromatic rings. The van der Waals surface area contributed by atoms with Crippen LogP contribution in [0.25, 0.3) is 10.9 Å². The van der Waals surface area contributed by atoms with Crippen molar-refractivity contribution in [1.29, 1.82) is 0 Å². The molecule has 1 saturated heterocycles. The lowest BCUT2D eigenvalue weighted by atomic mass is 9.95. The number of hydrogen-bond donors (Lipinski definition) is 0. The van der Waals surface area contributed by atoms with Crippen molar-refractivity contribution in [2.45, 2.75) is 20.3 Å². The fourth-order valence-corrected chi connectivity index (χ4v) is 4.45. The first kappa shape index (κ1) is 23.9. The highest BCUT2D eigenvalue weighted by molar-refractivity contribution is 7.93. The molecule has 0 N–H and O–H groups in total. The molecule has 1 aromatic heterocycles. The van der Waals surface area contributed by atoms with Crippen LogP contribution in [0.4, 0.5) is 0 Å². The minimum Gasteiger partial charge on any atom is -0.497 e. The second-order valence-corrected chi connectivity index (χ2v) is 10.1. The Kier molecular flexibility index (Phi) is 7.91. The number of likely N-dealkylation sites (tertiary alicyclic amines) is 1. The van der Waals surface area contributed by atoms with Crippen molar-refractivity contribution < 1.29 is 18.5 Å². The van der Waals surface area contributed by atoms with Gasteiger partial charge < -0.3 is 19.3 Å². The van der Waals surface area contributed by atoms with E-state index in [0.717, 1.165) is 37.3 Å². The number of methoxy groups -OCH3 is 1. The fourth-order valence-electron chi connectivity index (χ4n) is 3.59. The third-order valence-corrected chi connectivity index (χ3v) is 6.27. The zero-order chi connectivity index (χ0) is 22.6. The average Bonchev–Trinajstić information content (AvgIpc) is 3.05. The molecule has 0 unspecified atom stereocenters. The molecule has 2 heterocycles. The van der Waals surface area contributed by atoms with Gasteiger partial charge in [0.1, 0.15) is 18.0 Å². The summed E-state index contributed by atoms with van der Waals surface area (Å²) >= 11 is 1.24. The number of likely N-dealkylation sites (N-methyl/N-ethyl adjacent to an activating group) is 1. The number of benzene rings is 1. The van der Waals surface area contributed by atoms with Gasteiger partial charge in [0.2, 0.25) is 0 Å². The lowest BCUT2D eigenvalue weighted by Gasteiger charge is -2.36. The van der Waals surface area contributed by atoms with Gasteiger partial charge in [-0.15, -0.1) is 0 Å². The van der Waals surface area contributed by atoms with E-state index in [1.165, 1.54) is 23.2 Å². The van der Waals surface area contributed by atoms with Crippen LogP contribution in [0, 0.1) is 11.3 Å². The summed E-state index contributed by atoms with van der Waals surface area (Å²) in [4.78, 5) is 16.9. The maximum atomic E-state index is 12.5. The predicted molar refractivity (Wildman–Crippen MR) is 125 cm³/mol. The molecule has 0 bridgehead atoms. The summed E-state index contributed by atoms with van der Waals surface area (Å²) in [6, 6.07) is 6.09. The van der Waals surface area contributed by atoms with Crippen molar-refractivity contribution in [1.82, 2.24) is 13.8 Å². The van der Waals surface area contributed by atoms with Crippen LogP contribution in [-0.2, 0) is 20.1 Å². The van der Waals surface area contributed by atoms with Crippen LogP contribution < -0.4 is 4.74 Å². The Labute approximate surface area is 189 Å². The van der Waals surface area contributed by atoms with Crippen LogP contribution >= 0.6 is 12.2 Å². The van der Waals surface area contributed by atoms with E-state index in [-0.39, 0.29) is 12.6 Å². The lowest BCUT2D eigenvalue weighted by molar-refractivity contribution is -0.158. The summed E-state index contributed by atoms with van der Waals surface area (Å²) in [5, 5.41) is 1.18. The number of carbonyl (C=O) groups excluding carboxylic acids is 1. The second kappa shape index (κ2) is 10.3. The van der Waals surface area contributed by atoms with Crippen LogP contribution in [-0.4, -0.2) is 80.8 Å². The van der Waals surface area contributed by atoms with E-state index in [4.69, 9.17) is 13.7 Å². The van der Waals surface area contributed by atoms with Gasteiger partial charge in [-0.1, -0.05) is 0 Å². The Hall–Kier alpha value is -1.74. The molecule has 3 rings (SSSR count). The van der Waals surface area contributed by atoms with E-state index in [2.05, 4.69) is 43.2 Å². The third-order valence-electron chi connectivity index (χ3n) is 5.58. The van der Waals surface area contributed by atoms with Crippen LogP contribution in [0.1, 0.15) is 19.4 Å². The normalized spacial score (nSPS) is 15.5. The van der Waals surface area contributed by atoms with Crippen molar-refractivity contribution in [2.24, 2.45) is 11.3 Å². The molecule has 0 atom stereocenters. The van der Waals surface area contributed by atoms with Crippen LogP contribution in [0.3, 0.4) is 0 Å². The first-order chi connectivity index (χ1) is 14.7. The number of fused-ring (bicyclic) bond motifs is 1. The topological polar surface area (TPSA) is 56.2 Å². The molecule has 1 fully saturated rings. The van der Waals surface area contributed by atoms with Gasteiger partial charge in [-0.05, 0) is 59.1 Å². The summed E-state index contributed by atoms with van der Waals surface area (Å²) in [6.07, 6.45) is 3.05. The average molecular weight is 450 g/mol. The van der Waals surface area contributed by atoms with Crippen molar-refractivity contribution in [3.05, 3.63) is 30.0 Å². The molecular weight excluding hydrogens is 414 g/mol. The number of carbonyl (C=O) groups is 1. The number of hydrogen-bond acceptors (Lipinski definition) is 7. The van der Waals surface area contributed by atoms with Crippen molar-refractivity contribution in [3.8, 4) is 5.75 Å². The molecule has 31 heavy (non-hydrogen) atoms. The first-order valence-corrected chi connectivity index (χ1v) is 11.4. The molecule has 7 nitrogen and oxygen atoms in total. The minimum absolute atomic E-state index is 0.214. The fraction of sp³-hybridized carbons (Fsp3) is 0.609.